The summed E-state index contributed by atoms with van der Waals surface area (Å²) in [5.74, 6) is 2.17. The topological polar surface area (TPSA) is 76.4 Å². The van der Waals surface area contributed by atoms with Crippen molar-refractivity contribution in [3.63, 3.8) is 0 Å². The first kappa shape index (κ1) is 17.5. The van der Waals surface area contributed by atoms with Gasteiger partial charge < -0.3 is 28.1 Å². The van der Waals surface area contributed by atoms with Gasteiger partial charge >= 0.3 is 0 Å². The van der Waals surface area contributed by atoms with E-state index in [4.69, 9.17) is 28.1 Å². The molecule has 0 aliphatic carbocycles. The number of hydrogen-bond donors (Lipinski definition) is 0. The summed E-state index contributed by atoms with van der Waals surface area (Å²) in [5, 5.41) is 0.243. The van der Waals surface area contributed by atoms with Crippen molar-refractivity contribution < 1.29 is 28.1 Å². The number of hydrogen-bond acceptors (Lipinski definition) is 7. The molecule has 2 aromatic carbocycles. The summed E-state index contributed by atoms with van der Waals surface area (Å²) in [7, 11) is 5.97. The normalized spacial score (nSPS) is 10.5. The van der Waals surface area contributed by atoms with Crippen LogP contribution in [0.5, 0.6) is 34.7 Å². The van der Waals surface area contributed by atoms with Gasteiger partial charge in [-0.15, -0.1) is 0 Å². The van der Waals surface area contributed by atoms with Gasteiger partial charge in [0, 0.05) is 6.07 Å². The van der Waals surface area contributed by atoms with Gasteiger partial charge in [0.25, 0.3) is 5.95 Å². The third kappa shape index (κ3) is 3.11. The standard InChI is InChI=1S/C19H18O7/c1-21-11-5-7-12(8-6-11)25-16-9-13(20)17-14(26-16)10-15(22-2)18(23-3)19(17)24-4/h5-10H,1-4H3. The molecule has 1 heterocycles. The van der Waals surface area contributed by atoms with Gasteiger partial charge in [-0.25, -0.2) is 0 Å². The van der Waals surface area contributed by atoms with Crippen molar-refractivity contribution in [3.05, 3.63) is 46.6 Å². The second kappa shape index (κ2) is 7.26. The number of fused-ring (bicyclic) bond motifs is 1. The SMILES string of the molecule is COc1ccc(Oc2cc(=O)c3c(OC)c(OC)c(OC)cc3o2)cc1. The molecule has 0 unspecified atom stereocenters. The number of ether oxygens (including phenoxy) is 5. The monoisotopic (exact) mass is 358 g/mol. The van der Waals surface area contributed by atoms with Crippen LogP contribution in [0, 0.1) is 0 Å². The molecule has 0 amide bonds. The lowest BCUT2D eigenvalue weighted by Gasteiger charge is -2.14. The first-order chi connectivity index (χ1) is 12.6. The first-order valence-electron chi connectivity index (χ1n) is 7.70. The lowest BCUT2D eigenvalue weighted by molar-refractivity contribution is 0.323. The van der Waals surface area contributed by atoms with Crippen LogP contribution in [-0.2, 0) is 0 Å². The Bertz CT molecular complexity index is 974. The summed E-state index contributed by atoms with van der Waals surface area (Å²) >= 11 is 0. The van der Waals surface area contributed by atoms with Crippen molar-refractivity contribution >= 4 is 11.0 Å². The molecule has 0 saturated carbocycles. The van der Waals surface area contributed by atoms with Gasteiger partial charge in [-0.05, 0) is 24.3 Å². The lowest BCUT2D eigenvalue weighted by Crippen LogP contribution is -2.05. The molecule has 0 spiro atoms. The van der Waals surface area contributed by atoms with Gasteiger partial charge in [-0.3, -0.25) is 4.79 Å². The van der Waals surface area contributed by atoms with Crippen molar-refractivity contribution in [2.45, 2.75) is 0 Å². The summed E-state index contributed by atoms with van der Waals surface area (Å²) in [6.07, 6.45) is 0. The van der Waals surface area contributed by atoms with Crippen LogP contribution in [0.4, 0.5) is 0 Å². The molecule has 1 aromatic heterocycles. The van der Waals surface area contributed by atoms with Gasteiger partial charge in [-0.1, -0.05) is 0 Å². The smallest absolute Gasteiger partial charge is 0.294 e. The molecule has 136 valence electrons. The maximum Gasteiger partial charge on any atom is 0.294 e. The molecule has 3 rings (SSSR count). The molecule has 0 bridgehead atoms. The highest BCUT2D eigenvalue weighted by molar-refractivity contribution is 5.89. The maximum absolute atomic E-state index is 12.6. The van der Waals surface area contributed by atoms with Crippen LogP contribution in [-0.4, -0.2) is 28.4 Å². The number of benzene rings is 2. The minimum Gasteiger partial charge on any atom is -0.497 e. The van der Waals surface area contributed by atoms with E-state index in [0.717, 1.165) is 0 Å². The molecular formula is C19H18O7. The Balaban J connectivity index is 2.10. The first-order valence-corrected chi connectivity index (χ1v) is 7.70. The maximum atomic E-state index is 12.6. The predicted molar refractivity (Wildman–Crippen MR) is 95.2 cm³/mol. The van der Waals surface area contributed by atoms with Gasteiger partial charge in [0.15, 0.2) is 11.5 Å². The van der Waals surface area contributed by atoms with E-state index < -0.39 is 0 Å². The van der Waals surface area contributed by atoms with E-state index >= 15 is 0 Å². The van der Waals surface area contributed by atoms with Crippen molar-refractivity contribution in [1.29, 1.82) is 0 Å². The van der Waals surface area contributed by atoms with E-state index in [0.29, 0.717) is 23.0 Å². The zero-order valence-electron chi connectivity index (χ0n) is 14.8. The predicted octanol–water partition coefficient (Wildman–Crippen LogP) is 3.62. The average molecular weight is 358 g/mol. The van der Waals surface area contributed by atoms with Crippen LogP contribution in [0.3, 0.4) is 0 Å². The fraction of sp³-hybridized carbons (Fsp3) is 0.211. The van der Waals surface area contributed by atoms with E-state index in [2.05, 4.69) is 0 Å². The molecule has 0 atom stereocenters. The molecule has 7 heteroatoms. The number of rotatable bonds is 6. The van der Waals surface area contributed by atoms with E-state index in [1.54, 1.807) is 37.4 Å². The summed E-state index contributed by atoms with van der Waals surface area (Å²) in [6.45, 7) is 0. The molecule has 0 fully saturated rings. The lowest BCUT2D eigenvalue weighted by atomic mass is 10.2. The molecule has 3 aromatic rings. The molecule has 0 aliphatic rings. The highest BCUT2D eigenvalue weighted by Gasteiger charge is 2.20. The fourth-order valence-corrected chi connectivity index (χ4v) is 2.57. The van der Waals surface area contributed by atoms with Crippen molar-refractivity contribution in [3.8, 4) is 34.7 Å². The molecule has 26 heavy (non-hydrogen) atoms. The Morgan fingerprint density at radius 3 is 2.00 bits per heavy atom. The highest BCUT2D eigenvalue weighted by atomic mass is 16.6. The van der Waals surface area contributed by atoms with Gasteiger partial charge in [0.2, 0.25) is 11.2 Å². The van der Waals surface area contributed by atoms with E-state index in [-0.39, 0.29) is 28.1 Å². The minimum atomic E-state index is -0.326. The second-order valence-corrected chi connectivity index (χ2v) is 5.23. The van der Waals surface area contributed by atoms with Crippen LogP contribution in [0.25, 0.3) is 11.0 Å². The second-order valence-electron chi connectivity index (χ2n) is 5.23. The van der Waals surface area contributed by atoms with Crippen molar-refractivity contribution in [2.24, 2.45) is 0 Å². The van der Waals surface area contributed by atoms with Gasteiger partial charge in [0.05, 0.1) is 34.5 Å². The van der Waals surface area contributed by atoms with E-state index in [9.17, 15) is 4.79 Å². The molecule has 0 N–H and O–H groups in total. The summed E-state index contributed by atoms with van der Waals surface area (Å²) < 4.78 is 32.4. The number of methoxy groups -OCH3 is 4. The minimum absolute atomic E-state index is 0.0435. The summed E-state index contributed by atoms with van der Waals surface area (Å²) in [5.41, 5.74) is -0.0666. The van der Waals surface area contributed by atoms with Crippen LogP contribution in [0.15, 0.2) is 45.6 Å². The van der Waals surface area contributed by atoms with Gasteiger partial charge in [0.1, 0.15) is 22.5 Å². The van der Waals surface area contributed by atoms with Crippen LogP contribution in [0.2, 0.25) is 0 Å². The molecule has 0 radical (unpaired) electrons. The third-order valence-electron chi connectivity index (χ3n) is 3.78. The highest BCUT2D eigenvalue weighted by Crippen LogP contribution is 2.42. The Morgan fingerprint density at radius 2 is 1.42 bits per heavy atom. The zero-order valence-corrected chi connectivity index (χ0v) is 14.8. The van der Waals surface area contributed by atoms with Crippen LogP contribution in [0.1, 0.15) is 0 Å². The van der Waals surface area contributed by atoms with Crippen molar-refractivity contribution in [2.75, 3.05) is 28.4 Å². The van der Waals surface area contributed by atoms with Crippen molar-refractivity contribution in [1.82, 2.24) is 0 Å². The zero-order chi connectivity index (χ0) is 18.7. The van der Waals surface area contributed by atoms with Gasteiger partial charge in [-0.2, -0.15) is 0 Å². The third-order valence-corrected chi connectivity index (χ3v) is 3.78. The Kier molecular flexibility index (Phi) is 4.88. The van der Waals surface area contributed by atoms with E-state index in [1.165, 1.54) is 27.4 Å². The summed E-state index contributed by atoms with van der Waals surface area (Å²) in [6, 6.07) is 9.70. The average Bonchev–Trinajstić information content (AvgIpc) is 2.66. The Morgan fingerprint density at radius 1 is 0.769 bits per heavy atom. The van der Waals surface area contributed by atoms with Crippen LogP contribution >= 0.6 is 0 Å². The Labute approximate surface area is 149 Å². The quantitative estimate of drug-likeness (QED) is 0.666. The fourth-order valence-electron chi connectivity index (χ4n) is 2.57. The molecule has 7 nitrogen and oxygen atoms in total. The molecule has 0 saturated heterocycles. The largest absolute Gasteiger partial charge is 0.497 e. The summed E-state index contributed by atoms with van der Waals surface area (Å²) in [4.78, 5) is 12.6. The Hall–Kier alpha value is -3.35. The molecular weight excluding hydrogens is 340 g/mol. The molecule has 0 aliphatic heterocycles. The van der Waals surface area contributed by atoms with E-state index in [1.807, 2.05) is 0 Å². The van der Waals surface area contributed by atoms with Crippen LogP contribution < -0.4 is 29.1 Å².